The Bertz CT molecular complexity index is 239. The highest BCUT2D eigenvalue weighted by Gasteiger charge is 2.15. The molecule has 2 nitrogen and oxygen atoms in total. The van der Waals surface area contributed by atoms with E-state index in [-0.39, 0.29) is 0 Å². The fourth-order valence-electron chi connectivity index (χ4n) is 0.970. The molecule has 0 spiro atoms. The number of unbranched alkanes of at least 4 members (excludes halogenated alkanes) is 1. The summed E-state index contributed by atoms with van der Waals surface area (Å²) in [6, 6.07) is 0. The Hall–Kier alpha value is -0.570. The van der Waals surface area contributed by atoms with Crippen molar-refractivity contribution < 1.29 is 8.42 Å². The molecule has 0 aromatic heterocycles. The van der Waals surface area contributed by atoms with Crippen LogP contribution in [0.1, 0.15) is 19.3 Å². The van der Waals surface area contributed by atoms with Crippen LogP contribution in [0.25, 0.3) is 0 Å². The Kier molecular flexibility index (Phi) is 4.90. The van der Waals surface area contributed by atoms with E-state index in [0.717, 1.165) is 12.8 Å². The van der Waals surface area contributed by atoms with E-state index in [1.54, 1.807) is 6.08 Å². The molecule has 0 aromatic rings. The lowest BCUT2D eigenvalue weighted by atomic mass is 10.2. The first-order valence-electron chi connectivity index (χ1n) is 3.94. The average Bonchev–Trinajstić information content (AvgIpc) is 1.95. The lowest BCUT2D eigenvalue weighted by Gasteiger charge is -2.08. The molecule has 0 radical (unpaired) electrons. The van der Waals surface area contributed by atoms with Gasteiger partial charge < -0.3 is 0 Å². The predicted octanol–water partition coefficient (Wildman–Crippen LogP) is 1.94. The molecule has 70 valence electrons. The molecular weight excluding hydrogens is 172 g/mol. The fraction of sp³-hybridized carbons (Fsp3) is 0.556. The van der Waals surface area contributed by atoms with Gasteiger partial charge in [0.25, 0.3) is 0 Å². The van der Waals surface area contributed by atoms with Crippen molar-refractivity contribution in [1.82, 2.24) is 0 Å². The Morgan fingerprint density at radius 3 is 2.33 bits per heavy atom. The standard InChI is InChI=1S/C9H16O2S/c1-4-6-7-8-9(5-2)12(3,10)11/h4-5,9H,1-2,6-8H2,3H3. The van der Waals surface area contributed by atoms with Gasteiger partial charge in [-0.25, -0.2) is 8.42 Å². The Morgan fingerprint density at radius 2 is 2.00 bits per heavy atom. The van der Waals surface area contributed by atoms with Crippen LogP contribution in [0.2, 0.25) is 0 Å². The van der Waals surface area contributed by atoms with E-state index < -0.39 is 15.1 Å². The van der Waals surface area contributed by atoms with Crippen molar-refractivity contribution in [2.24, 2.45) is 0 Å². The van der Waals surface area contributed by atoms with Gasteiger partial charge in [-0.3, -0.25) is 0 Å². The minimum absolute atomic E-state index is 0.391. The van der Waals surface area contributed by atoms with Gasteiger partial charge >= 0.3 is 0 Å². The summed E-state index contributed by atoms with van der Waals surface area (Å²) in [5.74, 6) is 0. The second kappa shape index (κ2) is 5.14. The summed E-state index contributed by atoms with van der Waals surface area (Å²) in [4.78, 5) is 0. The van der Waals surface area contributed by atoms with Crippen LogP contribution in [0.3, 0.4) is 0 Å². The van der Waals surface area contributed by atoms with Crippen molar-refractivity contribution in [1.29, 1.82) is 0 Å². The molecule has 0 aliphatic heterocycles. The van der Waals surface area contributed by atoms with Gasteiger partial charge in [-0.1, -0.05) is 12.2 Å². The third-order valence-corrected chi connectivity index (χ3v) is 3.24. The normalized spacial score (nSPS) is 13.8. The van der Waals surface area contributed by atoms with E-state index in [4.69, 9.17) is 0 Å². The molecule has 0 fully saturated rings. The van der Waals surface area contributed by atoms with Crippen molar-refractivity contribution in [3.63, 3.8) is 0 Å². The number of hydrogen-bond donors (Lipinski definition) is 0. The molecule has 12 heavy (non-hydrogen) atoms. The molecule has 0 saturated carbocycles. The summed E-state index contributed by atoms with van der Waals surface area (Å²) >= 11 is 0. The van der Waals surface area contributed by atoms with E-state index in [2.05, 4.69) is 13.2 Å². The molecule has 0 N–H and O–H groups in total. The maximum absolute atomic E-state index is 11.1. The predicted molar refractivity (Wildman–Crippen MR) is 52.9 cm³/mol. The quantitative estimate of drug-likeness (QED) is 0.471. The van der Waals surface area contributed by atoms with E-state index in [0.29, 0.717) is 6.42 Å². The highest BCUT2D eigenvalue weighted by molar-refractivity contribution is 7.91. The van der Waals surface area contributed by atoms with Gasteiger partial charge in [-0.15, -0.1) is 13.2 Å². The topological polar surface area (TPSA) is 34.1 Å². The van der Waals surface area contributed by atoms with Crippen LogP contribution >= 0.6 is 0 Å². The van der Waals surface area contributed by atoms with Gasteiger partial charge in [0.1, 0.15) is 0 Å². The lowest BCUT2D eigenvalue weighted by Crippen LogP contribution is -2.16. The molecule has 0 aliphatic carbocycles. The Balaban J connectivity index is 4.02. The van der Waals surface area contributed by atoms with E-state index >= 15 is 0 Å². The molecule has 0 saturated heterocycles. The first-order valence-corrected chi connectivity index (χ1v) is 5.90. The monoisotopic (exact) mass is 188 g/mol. The zero-order chi connectivity index (χ0) is 9.61. The molecule has 0 rings (SSSR count). The maximum Gasteiger partial charge on any atom is 0.153 e. The fourth-order valence-corrected chi connectivity index (χ4v) is 1.91. The van der Waals surface area contributed by atoms with Crippen LogP contribution in [-0.2, 0) is 9.84 Å². The molecule has 0 heterocycles. The van der Waals surface area contributed by atoms with Crippen LogP contribution in [-0.4, -0.2) is 19.9 Å². The molecule has 1 unspecified atom stereocenters. The number of rotatable bonds is 6. The highest BCUT2D eigenvalue weighted by atomic mass is 32.2. The highest BCUT2D eigenvalue weighted by Crippen LogP contribution is 2.10. The van der Waals surface area contributed by atoms with Gasteiger partial charge in [0.15, 0.2) is 9.84 Å². The van der Waals surface area contributed by atoms with Crippen LogP contribution in [0.15, 0.2) is 25.3 Å². The number of sulfone groups is 1. The summed E-state index contributed by atoms with van der Waals surface area (Å²) < 4.78 is 22.1. The second-order valence-corrected chi connectivity index (χ2v) is 5.09. The molecule has 0 bridgehead atoms. The zero-order valence-electron chi connectivity index (χ0n) is 7.49. The Morgan fingerprint density at radius 1 is 1.42 bits per heavy atom. The minimum Gasteiger partial charge on any atom is -0.229 e. The van der Waals surface area contributed by atoms with Crippen molar-refractivity contribution in [3.8, 4) is 0 Å². The minimum atomic E-state index is -2.95. The third-order valence-electron chi connectivity index (χ3n) is 1.71. The van der Waals surface area contributed by atoms with E-state index in [1.807, 2.05) is 0 Å². The molecule has 0 aliphatic rings. The summed E-state index contributed by atoms with van der Waals surface area (Å²) in [5, 5.41) is -0.391. The summed E-state index contributed by atoms with van der Waals surface area (Å²) in [7, 11) is -2.95. The molecule has 1 atom stereocenters. The van der Waals surface area contributed by atoms with Crippen molar-refractivity contribution in [3.05, 3.63) is 25.3 Å². The van der Waals surface area contributed by atoms with Crippen molar-refractivity contribution >= 4 is 9.84 Å². The van der Waals surface area contributed by atoms with E-state index in [1.165, 1.54) is 12.3 Å². The van der Waals surface area contributed by atoms with Gasteiger partial charge in [0.2, 0.25) is 0 Å². The van der Waals surface area contributed by atoms with Gasteiger partial charge in [-0.05, 0) is 19.3 Å². The summed E-state index contributed by atoms with van der Waals surface area (Å²) in [5.41, 5.74) is 0. The molecule has 3 heteroatoms. The Labute approximate surface area is 74.9 Å². The van der Waals surface area contributed by atoms with Crippen LogP contribution < -0.4 is 0 Å². The third kappa shape index (κ3) is 4.34. The first kappa shape index (κ1) is 11.4. The van der Waals surface area contributed by atoms with Gasteiger partial charge in [0.05, 0.1) is 5.25 Å². The van der Waals surface area contributed by atoms with Crippen LogP contribution in [0.4, 0.5) is 0 Å². The first-order chi connectivity index (χ1) is 5.52. The number of allylic oxidation sites excluding steroid dienone is 1. The van der Waals surface area contributed by atoms with Crippen LogP contribution in [0.5, 0.6) is 0 Å². The van der Waals surface area contributed by atoms with Crippen molar-refractivity contribution in [2.45, 2.75) is 24.5 Å². The SMILES string of the molecule is C=CCCCC(C=C)S(C)(=O)=O. The smallest absolute Gasteiger partial charge is 0.153 e. The van der Waals surface area contributed by atoms with Gasteiger partial charge in [0, 0.05) is 6.26 Å². The maximum atomic E-state index is 11.1. The average molecular weight is 188 g/mol. The number of hydrogen-bond acceptors (Lipinski definition) is 2. The van der Waals surface area contributed by atoms with E-state index in [9.17, 15) is 8.42 Å². The van der Waals surface area contributed by atoms with Gasteiger partial charge in [-0.2, -0.15) is 0 Å². The zero-order valence-corrected chi connectivity index (χ0v) is 8.31. The summed E-state index contributed by atoms with van der Waals surface area (Å²) in [6.45, 7) is 7.07. The second-order valence-electron chi connectivity index (χ2n) is 2.82. The lowest BCUT2D eigenvalue weighted by molar-refractivity contribution is 0.587. The molecular formula is C9H16O2S. The van der Waals surface area contributed by atoms with Crippen molar-refractivity contribution in [2.75, 3.05) is 6.26 Å². The largest absolute Gasteiger partial charge is 0.229 e. The molecule has 0 amide bonds. The molecule has 0 aromatic carbocycles. The summed E-state index contributed by atoms with van der Waals surface area (Å²) in [6.07, 6.45) is 6.90. The van der Waals surface area contributed by atoms with Crippen LogP contribution in [0, 0.1) is 0 Å².